The predicted octanol–water partition coefficient (Wildman–Crippen LogP) is 5.99. The molecule has 1 N–H and O–H groups in total. The van der Waals surface area contributed by atoms with Crippen molar-refractivity contribution in [2.24, 2.45) is 0 Å². The largest absolute Gasteiger partial charge is 0.494 e. The van der Waals surface area contributed by atoms with Gasteiger partial charge in [0, 0.05) is 41.6 Å². The Kier molecular flexibility index (Phi) is 7.13. The minimum atomic E-state index is 0.0495. The second kappa shape index (κ2) is 10.4. The number of fused-ring (bicyclic) bond motifs is 1. The fourth-order valence-corrected chi connectivity index (χ4v) is 3.97. The number of aromatic nitrogens is 1. The van der Waals surface area contributed by atoms with Crippen molar-refractivity contribution in [3.8, 4) is 5.75 Å². The molecule has 4 aromatic rings. The van der Waals surface area contributed by atoms with Gasteiger partial charge in [-0.05, 0) is 60.4 Å². The number of benzene rings is 3. The number of rotatable bonds is 9. The van der Waals surface area contributed by atoms with Gasteiger partial charge >= 0.3 is 0 Å². The molecule has 0 aliphatic carbocycles. The van der Waals surface area contributed by atoms with Gasteiger partial charge in [0.25, 0.3) is 0 Å². The van der Waals surface area contributed by atoms with Crippen molar-refractivity contribution in [3.63, 3.8) is 0 Å². The Morgan fingerprint density at radius 2 is 1.69 bits per heavy atom. The molecule has 4 nitrogen and oxygen atoms in total. The van der Waals surface area contributed by atoms with Crippen molar-refractivity contribution in [3.05, 3.63) is 101 Å². The Balaban J connectivity index is 1.38. The van der Waals surface area contributed by atoms with Crippen molar-refractivity contribution < 1.29 is 9.53 Å². The van der Waals surface area contributed by atoms with Crippen LogP contribution in [-0.4, -0.2) is 17.1 Å². The number of aryl methyl sites for hydroxylation is 1. The summed E-state index contributed by atoms with van der Waals surface area (Å²) < 4.78 is 7.70. The summed E-state index contributed by atoms with van der Waals surface area (Å²) in [5.74, 6) is 0.894. The number of hydrogen-bond donors (Lipinski definition) is 1. The highest BCUT2D eigenvalue weighted by molar-refractivity contribution is 6.30. The van der Waals surface area contributed by atoms with Gasteiger partial charge in [0.2, 0.25) is 5.91 Å². The van der Waals surface area contributed by atoms with Gasteiger partial charge in [-0.2, -0.15) is 0 Å². The molecule has 164 valence electrons. The lowest BCUT2D eigenvalue weighted by Gasteiger charge is -2.07. The van der Waals surface area contributed by atoms with Crippen LogP contribution in [0.4, 0.5) is 0 Å². The topological polar surface area (TPSA) is 43.3 Å². The van der Waals surface area contributed by atoms with Crippen molar-refractivity contribution >= 4 is 28.4 Å². The number of carbonyl (C=O) groups is 1. The third kappa shape index (κ3) is 5.51. The zero-order valence-corrected chi connectivity index (χ0v) is 18.9. The van der Waals surface area contributed by atoms with Gasteiger partial charge in [-0.25, -0.2) is 0 Å². The highest BCUT2D eigenvalue weighted by atomic mass is 35.5. The average Bonchev–Trinajstić information content (AvgIpc) is 3.16. The molecule has 0 saturated carbocycles. The number of ether oxygens (including phenoxy) is 1. The van der Waals surface area contributed by atoms with E-state index in [1.165, 1.54) is 22.0 Å². The average molecular weight is 447 g/mol. The molecule has 0 atom stereocenters. The molecule has 5 heteroatoms. The number of amides is 1. The van der Waals surface area contributed by atoms with E-state index < -0.39 is 0 Å². The van der Waals surface area contributed by atoms with E-state index in [1.54, 1.807) is 0 Å². The Hall–Kier alpha value is -3.24. The molecule has 0 aliphatic rings. The second-order valence-electron chi connectivity index (χ2n) is 7.78. The first kappa shape index (κ1) is 22.0. The van der Waals surface area contributed by atoms with E-state index in [0.717, 1.165) is 22.9 Å². The fourth-order valence-electron chi connectivity index (χ4n) is 3.85. The summed E-state index contributed by atoms with van der Waals surface area (Å²) in [6.07, 6.45) is 3.31. The van der Waals surface area contributed by atoms with Crippen LogP contribution in [0.3, 0.4) is 0 Å². The van der Waals surface area contributed by atoms with Crippen LogP contribution in [0.1, 0.15) is 30.0 Å². The Bertz CT molecular complexity index is 1180. The molecular formula is C27H27ClN2O2. The summed E-state index contributed by atoms with van der Waals surface area (Å²) in [6, 6.07) is 24.1. The summed E-state index contributed by atoms with van der Waals surface area (Å²) in [4.78, 5) is 12.5. The summed E-state index contributed by atoms with van der Waals surface area (Å²) in [5.41, 5.74) is 4.61. The first-order chi connectivity index (χ1) is 15.6. The first-order valence-electron chi connectivity index (χ1n) is 10.9. The Morgan fingerprint density at radius 3 is 2.44 bits per heavy atom. The molecule has 0 unspecified atom stereocenters. The number of hydrogen-bond acceptors (Lipinski definition) is 2. The maximum absolute atomic E-state index is 12.5. The molecule has 0 bridgehead atoms. The number of nitrogens with zero attached hydrogens (tertiary/aromatic N) is 1. The predicted molar refractivity (Wildman–Crippen MR) is 130 cm³/mol. The van der Waals surface area contributed by atoms with Crippen LogP contribution >= 0.6 is 11.6 Å². The molecule has 1 amide bonds. The number of carbonyl (C=O) groups excluding carboxylic acids is 1. The van der Waals surface area contributed by atoms with Crippen molar-refractivity contribution in [1.29, 1.82) is 0 Å². The molecule has 32 heavy (non-hydrogen) atoms. The normalized spacial score (nSPS) is 10.9. The van der Waals surface area contributed by atoms with Gasteiger partial charge in [0.05, 0.1) is 6.61 Å². The lowest BCUT2D eigenvalue weighted by atomic mass is 10.1. The van der Waals surface area contributed by atoms with Gasteiger partial charge in [0.15, 0.2) is 0 Å². The fraction of sp³-hybridized carbons (Fsp3) is 0.222. The third-order valence-electron chi connectivity index (χ3n) is 5.48. The third-order valence-corrected chi connectivity index (χ3v) is 5.73. The first-order valence-corrected chi connectivity index (χ1v) is 11.3. The van der Waals surface area contributed by atoms with E-state index in [0.29, 0.717) is 26.0 Å². The minimum absolute atomic E-state index is 0.0495. The van der Waals surface area contributed by atoms with Gasteiger partial charge in [0.1, 0.15) is 5.75 Å². The van der Waals surface area contributed by atoms with Crippen molar-refractivity contribution in [2.75, 3.05) is 6.61 Å². The standard InChI is InChI=1S/C27H27ClN2O2/c1-2-32-24-14-9-20(10-15-24)17-29-27(31)16-11-22-19-30(26-6-4-3-5-25(22)26)18-21-7-12-23(28)13-8-21/h3-10,12-15,19H,2,11,16-18H2,1H3,(H,29,31). The van der Waals surface area contributed by atoms with E-state index in [2.05, 4.69) is 28.2 Å². The zero-order chi connectivity index (χ0) is 22.3. The molecule has 0 aliphatic heterocycles. The summed E-state index contributed by atoms with van der Waals surface area (Å²) >= 11 is 6.02. The maximum Gasteiger partial charge on any atom is 0.220 e. The zero-order valence-electron chi connectivity index (χ0n) is 18.2. The van der Waals surface area contributed by atoms with Crippen LogP contribution in [0, 0.1) is 0 Å². The minimum Gasteiger partial charge on any atom is -0.494 e. The van der Waals surface area contributed by atoms with Crippen molar-refractivity contribution in [1.82, 2.24) is 9.88 Å². The number of halogens is 1. The second-order valence-corrected chi connectivity index (χ2v) is 8.22. The molecule has 0 radical (unpaired) electrons. The maximum atomic E-state index is 12.5. The number of nitrogens with one attached hydrogen (secondary N) is 1. The highest BCUT2D eigenvalue weighted by Crippen LogP contribution is 2.24. The monoisotopic (exact) mass is 446 g/mol. The van der Waals surface area contributed by atoms with Crippen LogP contribution in [0.25, 0.3) is 10.9 Å². The van der Waals surface area contributed by atoms with Crippen molar-refractivity contribution in [2.45, 2.75) is 32.9 Å². The smallest absolute Gasteiger partial charge is 0.220 e. The molecule has 0 fully saturated rings. The van der Waals surface area contributed by atoms with E-state index >= 15 is 0 Å². The van der Waals surface area contributed by atoms with E-state index in [-0.39, 0.29) is 5.91 Å². The summed E-state index contributed by atoms with van der Waals surface area (Å²) in [7, 11) is 0. The van der Waals surface area contributed by atoms with Gasteiger partial charge in [-0.1, -0.05) is 54.1 Å². The van der Waals surface area contributed by atoms with Crippen LogP contribution in [0.15, 0.2) is 79.0 Å². The molecular weight excluding hydrogens is 420 g/mol. The molecule has 1 aromatic heterocycles. The van der Waals surface area contributed by atoms with E-state index in [9.17, 15) is 4.79 Å². The SMILES string of the molecule is CCOc1ccc(CNC(=O)CCc2cn(Cc3ccc(Cl)cc3)c3ccccc23)cc1. The highest BCUT2D eigenvalue weighted by Gasteiger charge is 2.11. The quantitative estimate of drug-likeness (QED) is 0.343. The van der Waals surface area contributed by atoms with Crippen LogP contribution in [-0.2, 0) is 24.3 Å². The lowest BCUT2D eigenvalue weighted by Crippen LogP contribution is -2.22. The van der Waals surface area contributed by atoms with Gasteiger partial charge < -0.3 is 14.6 Å². The molecule has 3 aromatic carbocycles. The molecule has 0 saturated heterocycles. The van der Waals surface area contributed by atoms with Gasteiger partial charge in [-0.15, -0.1) is 0 Å². The van der Waals surface area contributed by atoms with Crippen LogP contribution < -0.4 is 10.1 Å². The molecule has 4 rings (SSSR count). The van der Waals surface area contributed by atoms with Gasteiger partial charge in [-0.3, -0.25) is 4.79 Å². The molecule has 0 spiro atoms. The van der Waals surface area contributed by atoms with E-state index in [4.69, 9.17) is 16.3 Å². The number of para-hydroxylation sites is 1. The lowest BCUT2D eigenvalue weighted by molar-refractivity contribution is -0.121. The van der Waals surface area contributed by atoms with E-state index in [1.807, 2.05) is 67.6 Å². The Labute approximate surface area is 193 Å². The summed E-state index contributed by atoms with van der Waals surface area (Å²) in [5, 5.41) is 4.96. The Morgan fingerprint density at radius 1 is 0.969 bits per heavy atom. The van der Waals surface area contributed by atoms with Crippen LogP contribution in [0.2, 0.25) is 5.02 Å². The van der Waals surface area contributed by atoms with Crippen LogP contribution in [0.5, 0.6) is 5.75 Å². The summed E-state index contributed by atoms with van der Waals surface area (Å²) in [6.45, 7) is 3.89. The molecule has 1 heterocycles.